The van der Waals surface area contributed by atoms with E-state index in [4.69, 9.17) is 9.84 Å². The third-order valence-corrected chi connectivity index (χ3v) is 3.08. The van der Waals surface area contributed by atoms with E-state index >= 15 is 0 Å². The van der Waals surface area contributed by atoms with Crippen LogP contribution in [0, 0.1) is 0 Å². The molecule has 6 nitrogen and oxygen atoms in total. The van der Waals surface area contributed by atoms with Crippen LogP contribution in [-0.2, 0) is 11.3 Å². The fourth-order valence-corrected chi connectivity index (χ4v) is 2.27. The third-order valence-electron chi connectivity index (χ3n) is 3.08. The van der Waals surface area contributed by atoms with Gasteiger partial charge in [-0.1, -0.05) is 6.07 Å². The highest BCUT2D eigenvalue weighted by Crippen LogP contribution is 2.28. The van der Waals surface area contributed by atoms with E-state index in [-0.39, 0.29) is 0 Å². The lowest BCUT2D eigenvalue weighted by atomic mass is 9.96. The predicted molar refractivity (Wildman–Crippen MR) is 71.5 cm³/mol. The van der Waals surface area contributed by atoms with Gasteiger partial charge in [-0.3, -0.25) is 5.32 Å². The maximum atomic E-state index is 10.7. The number of ether oxygens (including phenoxy) is 1. The quantitative estimate of drug-likeness (QED) is 0.867. The van der Waals surface area contributed by atoms with Crippen molar-refractivity contribution in [3.63, 3.8) is 0 Å². The minimum absolute atomic E-state index is 0.362. The van der Waals surface area contributed by atoms with E-state index in [1.165, 1.54) is 0 Å². The van der Waals surface area contributed by atoms with Crippen LogP contribution in [0.1, 0.15) is 23.6 Å². The Hall–Kier alpha value is -1.66. The van der Waals surface area contributed by atoms with Crippen LogP contribution in [0.25, 0.3) is 0 Å². The molecule has 104 valence electrons. The summed E-state index contributed by atoms with van der Waals surface area (Å²) in [5.41, 5.74) is 2.06. The van der Waals surface area contributed by atoms with Crippen LogP contribution in [-0.4, -0.2) is 48.4 Å². The van der Waals surface area contributed by atoms with Crippen molar-refractivity contribution in [2.24, 2.45) is 0 Å². The molecule has 19 heavy (non-hydrogen) atoms. The Balaban J connectivity index is 2.27. The van der Waals surface area contributed by atoms with Gasteiger partial charge in [0.15, 0.2) is 0 Å². The number of hydrogen-bond acceptors (Lipinski definition) is 4. The summed E-state index contributed by atoms with van der Waals surface area (Å²) in [4.78, 5) is 17.1. The molecule has 1 saturated heterocycles. The van der Waals surface area contributed by atoms with Gasteiger partial charge in [0.05, 0.1) is 12.3 Å². The van der Waals surface area contributed by atoms with Crippen molar-refractivity contribution < 1.29 is 14.6 Å². The second kappa shape index (κ2) is 5.99. The van der Waals surface area contributed by atoms with E-state index in [0.717, 1.165) is 24.3 Å². The van der Waals surface area contributed by atoms with Gasteiger partial charge in [-0.25, -0.2) is 9.78 Å². The number of amides is 1. The summed E-state index contributed by atoms with van der Waals surface area (Å²) in [5.74, 6) is 0.730. The minimum Gasteiger partial charge on any atom is -0.465 e. The summed E-state index contributed by atoms with van der Waals surface area (Å²) in [6.45, 7) is 2.18. The smallest absolute Gasteiger partial charge is 0.410 e. The molecule has 1 aliphatic heterocycles. The SMILES string of the molecule is CN(C)Cc1nc(NC(=O)O)ccc1C1CCOC1. The van der Waals surface area contributed by atoms with Crippen molar-refractivity contribution in [3.8, 4) is 0 Å². The maximum absolute atomic E-state index is 10.7. The summed E-state index contributed by atoms with van der Waals surface area (Å²) in [7, 11) is 3.93. The molecule has 2 rings (SSSR count). The molecule has 1 unspecified atom stereocenters. The first-order valence-electron chi connectivity index (χ1n) is 6.28. The Bertz CT molecular complexity index is 456. The molecule has 0 spiro atoms. The zero-order valence-electron chi connectivity index (χ0n) is 11.2. The van der Waals surface area contributed by atoms with Crippen LogP contribution < -0.4 is 5.32 Å². The first-order valence-corrected chi connectivity index (χ1v) is 6.28. The number of rotatable bonds is 4. The van der Waals surface area contributed by atoms with Gasteiger partial charge in [0, 0.05) is 19.1 Å². The molecule has 2 heterocycles. The van der Waals surface area contributed by atoms with Gasteiger partial charge in [0.25, 0.3) is 0 Å². The summed E-state index contributed by atoms with van der Waals surface area (Å²) >= 11 is 0. The summed E-state index contributed by atoms with van der Waals surface area (Å²) < 4.78 is 5.42. The van der Waals surface area contributed by atoms with Gasteiger partial charge in [-0.15, -0.1) is 0 Å². The monoisotopic (exact) mass is 265 g/mol. The van der Waals surface area contributed by atoms with Crippen molar-refractivity contribution in [2.45, 2.75) is 18.9 Å². The number of aromatic nitrogens is 1. The van der Waals surface area contributed by atoms with Crippen LogP contribution in [0.4, 0.5) is 10.6 Å². The molecular formula is C13H19N3O3. The van der Waals surface area contributed by atoms with Crippen molar-refractivity contribution in [3.05, 3.63) is 23.4 Å². The van der Waals surface area contributed by atoms with Gasteiger partial charge < -0.3 is 14.7 Å². The van der Waals surface area contributed by atoms with Gasteiger partial charge >= 0.3 is 6.09 Å². The summed E-state index contributed by atoms with van der Waals surface area (Å²) in [6, 6.07) is 3.66. The molecule has 0 radical (unpaired) electrons. The molecule has 0 saturated carbocycles. The number of anilines is 1. The van der Waals surface area contributed by atoms with Crippen LogP contribution >= 0.6 is 0 Å². The number of hydrogen-bond donors (Lipinski definition) is 2. The molecular weight excluding hydrogens is 246 g/mol. The largest absolute Gasteiger partial charge is 0.465 e. The highest BCUT2D eigenvalue weighted by Gasteiger charge is 2.22. The van der Waals surface area contributed by atoms with Crippen molar-refractivity contribution in [2.75, 3.05) is 32.6 Å². The Morgan fingerprint density at radius 1 is 1.58 bits per heavy atom. The van der Waals surface area contributed by atoms with E-state index < -0.39 is 6.09 Å². The highest BCUT2D eigenvalue weighted by atomic mass is 16.5. The molecule has 1 atom stereocenters. The fraction of sp³-hybridized carbons (Fsp3) is 0.538. The molecule has 0 aromatic carbocycles. The van der Waals surface area contributed by atoms with Crippen LogP contribution in [0.2, 0.25) is 0 Å². The zero-order chi connectivity index (χ0) is 13.8. The third kappa shape index (κ3) is 3.65. The number of nitrogens with zero attached hydrogens (tertiary/aromatic N) is 2. The lowest BCUT2D eigenvalue weighted by Crippen LogP contribution is -2.17. The highest BCUT2D eigenvalue weighted by molar-refractivity contribution is 5.81. The number of pyridine rings is 1. The van der Waals surface area contributed by atoms with E-state index in [9.17, 15) is 4.79 Å². The fourth-order valence-electron chi connectivity index (χ4n) is 2.27. The van der Waals surface area contributed by atoms with Gasteiger partial charge in [0.2, 0.25) is 0 Å². The van der Waals surface area contributed by atoms with E-state index in [0.29, 0.717) is 24.9 Å². The summed E-state index contributed by atoms with van der Waals surface area (Å²) in [6.07, 6.45) is -0.103. The molecule has 0 bridgehead atoms. The maximum Gasteiger partial charge on any atom is 0.410 e. The minimum atomic E-state index is -1.10. The predicted octanol–water partition coefficient (Wildman–Crippen LogP) is 1.74. The average Bonchev–Trinajstić information content (AvgIpc) is 2.81. The topological polar surface area (TPSA) is 74.7 Å². The lowest BCUT2D eigenvalue weighted by molar-refractivity contribution is 0.193. The van der Waals surface area contributed by atoms with E-state index in [1.54, 1.807) is 6.07 Å². The van der Waals surface area contributed by atoms with E-state index in [1.807, 2.05) is 25.1 Å². The molecule has 1 fully saturated rings. The second-order valence-electron chi connectivity index (χ2n) is 4.96. The molecule has 1 aromatic heterocycles. The lowest BCUT2D eigenvalue weighted by Gasteiger charge is -2.17. The van der Waals surface area contributed by atoms with Crippen LogP contribution in [0.3, 0.4) is 0 Å². The molecule has 6 heteroatoms. The van der Waals surface area contributed by atoms with Crippen molar-refractivity contribution >= 4 is 11.9 Å². The summed E-state index contributed by atoms with van der Waals surface area (Å²) in [5, 5.41) is 11.0. The first kappa shape index (κ1) is 13.8. The van der Waals surface area contributed by atoms with E-state index in [2.05, 4.69) is 10.3 Å². The van der Waals surface area contributed by atoms with Crippen molar-refractivity contribution in [1.82, 2.24) is 9.88 Å². The molecule has 2 N–H and O–H groups in total. The average molecular weight is 265 g/mol. The second-order valence-corrected chi connectivity index (χ2v) is 4.96. The standard InChI is InChI=1S/C13H19N3O3/c1-16(2)7-11-10(9-5-6-19-8-9)3-4-12(14-11)15-13(17)18/h3-4,9H,5-8H2,1-2H3,(H,14,15)(H,17,18). The molecule has 1 amide bonds. The normalized spacial score (nSPS) is 18.8. The van der Waals surface area contributed by atoms with Crippen molar-refractivity contribution in [1.29, 1.82) is 0 Å². The first-order chi connectivity index (χ1) is 9.06. The van der Waals surface area contributed by atoms with Crippen LogP contribution in [0.15, 0.2) is 12.1 Å². The number of carbonyl (C=O) groups is 1. The van der Waals surface area contributed by atoms with Gasteiger partial charge in [-0.2, -0.15) is 0 Å². The van der Waals surface area contributed by atoms with Gasteiger partial charge in [0.1, 0.15) is 5.82 Å². The molecule has 0 aliphatic carbocycles. The number of carboxylic acid groups (broad SMARTS) is 1. The number of nitrogens with one attached hydrogen (secondary N) is 1. The van der Waals surface area contributed by atoms with Gasteiger partial charge in [-0.05, 0) is 32.1 Å². The molecule has 1 aromatic rings. The Labute approximate surface area is 112 Å². The Morgan fingerprint density at radius 3 is 2.95 bits per heavy atom. The Morgan fingerprint density at radius 2 is 2.37 bits per heavy atom. The zero-order valence-corrected chi connectivity index (χ0v) is 11.2. The molecule has 1 aliphatic rings. The van der Waals surface area contributed by atoms with Crippen LogP contribution in [0.5, 0.6) is 0 Å². The Kier molecular flexibility index (Phi) is 4.34.